The van der Waals surface area contributed by atoms with E-state index in [4.69, 9.17) is 21.4 Å². The highest BCUT2D eigenvalue weighted by Crippen LogP contribution is 2.48. The molecule has 2 N–H and O–H groups in total. The quantitative estimate of drug-likeness (QED) is 0.826. The van der Waals surface area contributed by atoms with Gasteiger partial charge >= 0.3 is 0 Å². The highest BCUT2D eigenvalue weighted by atomic mass is 35.5. The van der Waals surface area contributed by atoms with Crippen molar-refractivity contribution in [3.05, 3.63) is 22.8 Å². The number of ether oxygens (including phenoxy) is 1. The number of carbonyl (C=O) groups is 1. The van der Waals surface area contributed by atoms with Crippen molar-refractivity contribution in [2.75, 3.05) is 44.8 Å². The van der Waals surface area contributed by atoms with E-state index in [0.717, 1.165) is 25.8 Å². The van der Waals surface area contributed by atoms with Crippen molar-refractivity contribution in [1.82, 2.24) is 9.88 Å². The van der Waals surface area contributed by atoms with Crippen LogP contribution in [0.4, 0.5) is 5.82 Å². The van der Waals surface area contributed by atoms with Gasteiger partial charge in [-0.25, -0.2) is 4.98 Å². The van der Waals surface area contributed by atoms with E-state index in [2.05, 4.69) is 10.3 Å². The molecule has 0 spiro atoms. The van der Waals surface area contributed by atoms with Crippen molar-refractivity contribution in [3.8, 4) is 0 Å². The van der Waals surface area contributed by atoms with Crippen LogP contribution in [-0.2, 0) is 4.74 Å². The minimum atomic E-state index is -0.0619. The first-order valence-corrected chi connectivity index (χ1v) is 8.39. The molecule has 1 saturated heterocycles. The van der Waals surface area contributed by atoms with E-state index in [1.165, 1.54) is 0 Å². The maximum absolute atomic E-state index is 12.4. The summed E-state index contributed by atoms with van der Waals surface area (Å²) in [5.41, 5.74) is 0.682. The van der Waals surface area contributed by atoms with Gasteiger partial charge in [0.2, 0.25) is 0 Å². The molecular formula is C16H22ClN3O3. The lowest BCUT2D eigenvalue weighted by Crippen LogP contribution is -2.40. The van der Waals surface area contributed by atoms with Crippen LogP contribution < -0.4 is 5.32 Å². The average molecular weight is 340 g/mol. The zero-order chi connectivity index (χ0) is 16.3. The molecule has 1 amide bonds. The van der Waals surface area contributed by atoms with Crippen LogP contribution >= 0.6 is 11.6 Å². The van der Waals surface area contributed by atoms with E-state index in [-0.39, 0.29) is 17.9 Å². The summed E-state index contributed by atoms with van der Waals surface area (Å²) in [4.78, 5) is 18.5. The second-order valence-corrected chi connectivity index (χ2v) is 6.69. The van der Waals surface area contributed by atoms with Crippen LogP contribution in [-0.4, -0.2) is 60.4 Å². The highest BCUT2D eigenvalue weighted by molar-refractivity contribution is 6.33. The maximum Gasteiger partial charge on any atom is 0.255 e. The molecule has 0 bridgehead atoms. The standard InChI is InChI=1S/C16H22ClN3O3/c17-13-9-12(15(22)20-4-7-23-8-5-20)10-18-14(13)19-11-16(1-2-16)3-6-21/h9-10,21H,1-8,11H2,(H,18,19). The van der Waals surface area contributed by atoms with Crippen molar-refractivity contribution in [3.63, 3.8) is 0 Å². The first-order chi connectivity index (χ1) is 11.1. The fourth-order valence-electron chi connectivity index (χ4n) is 2.83. The fraction of sp³-hybridized carbons (Fsp3) is 0.625. The molecule has 3 rings (SSSR count). The van der Waals surface area contributed by atoms with Crippen LogP contribution in [0.1, 0.15) is 29.6 Å². The van der Waals surface area contributed by atoms with Crippen LogP contribution in [0.2, 0.25) is 5.02 Å². The number of aromatic nitrogens is 1. The second kappa shape index (κ2) is 7.03. The minimum absolute atomic E-state index is 0.0619. The molecule has 0 aromatic carbocycles. The number of halogens is 1. The van der Waals surface area contributed by atoms with E-state index >= 15 is 0 Å². The number of hydrogen-bond donors (Lipinski definition) is 2. The summed E-state index contributed by atoms with van der Waals surface area (Å²) >= 11 is 6.27. The Hall–Kier alpha value is -1.37. The molecule has 1 aromatic heterocycles. The fourth-order valence-corrected chi connectivity index (χ4v) is 3.07. The largest absolute Gasteiger partial charge is 0.396 e. The Bertz CT molecular complexity index is 572. The van der Waals surface area contributed by atoms with Crippen molar-refractivity contribution in [1.29, 1.82) is 0 Å². The van der Waals surface area contributed by atoms with Gasteiger partial charge in [-0.2, -0.15) is 0 Å². The number of morpholine rings is 1. The lowest BCUT2D eigenvalue weighted by molar-refractivity contribution is 0.0302. The van der Waals surface area contributed by atoms with E-state index in [1.807, 2.05) is 0 Å². The van der Waals surface area contributed by atoms with Crippen LogP contribution in [0.3, 0.4) is 0 Å². The summed E-state index contributed by atoms with van der Waals surface area (Å²) in [6.07, 6.45) is 4.60. The first kappa shape index (κ1) is 16.5. The summed E-state index contributed by atoms with van der Waals surface area (Å²) in [5.74, 6) is 0.530. The van der Waals surface area contributed by atoms with Crippen molar-refractivity contribution in [2.45, 2.75) is 19.3 Å². The van der Waals surface area contributed by atoms with Crippen molar-refractivity contribution in [2.24, 2.45) is 5.41 Å². The Morgan fingerprint density at radius 2 is 2.17 bits per heavy atom. The summed E-state index contributed by atoms with van der Waals surface area (Å²) in [7, 11) is 0. The first-order valence-electron chi connectivity index (χ1n) is 8.01. The average Bonchev–Trinajstić information content (AvgIpc) is 3.34. The van der Waals surface area contributed by atoms with E-state index < -0.39 is 0 Å². The van der Waals surface area contributed by atoms with Gasteiger partial charge < -0.3 is 20.1 Å². The van der Waals surface area contributed by atoms with Gasteiger partial charge in [-0.1, -0.05) is 11.6 Å². The number of anilines is 1. The molecule has 0 unspecified atom stereocenters. The minimum Gasteiger partial charge on any atom is -0.396 e. The monoisotopic (exact) mass is 339 g/mol. The molecule has 1 aliphatic carbocycles. The maximum atomic E-state index is 12.4. The number of hydrogen-bond acceptors (Lipinski definition) is 5. The number of carbonyl (C=O) groups excluding carboxylic acids is 1. The molecule has 1 aliphatic heterocycles. The molecule has 2 aliphatic rings. The third kappa shape index (κ3) is 3.94. The number of rotatable bonds is 6. The molecule has 2 heterocycles. The number of pyridine rings is 1. The van der Waals surface area contributed by atoms with E-state index in [9.17, 15) is 4.79 Å². The van der Waals surface area contributed by atoms with Gasteiger partial charge in [-0.3, -0.25) is 4.79 Å². The highest BCUT2D eigenvalue weighted by Gasteiger charge is 2.41. The van der Waals surface area contributed by atoms with Crippen molar-refractivity contribution < 1.29 is 14.6 Å². The van der Waals surface area contributed by atoms with Crippen molar-refractivity contribution >= 4 is 23.3 Å². The van der Waals surface area contributed by atoms with Crippen LogP contribution in [0, 0.1) is 5.41 Å². The van der Waals surface area contributed by atoms with Gasteiger partial charge in [0.1, 0.15) is 5.82 Å². The van der Waals surface area contributed by atoms with Gasteiger partial charge in [0.15, 0.2) is 0 Å². The molecular weight excluding hydrogens is 318 g/mol. The van der Waals surface area contributed by atoms with Crippen LogP contribution in [0.5, 0.6) is 0 Å². The van der Waals surface area contributed by atoms with Crippen LogP contribution in [0.15, 0.2) is 12.3 Å². The summed E-state index contributed by atoms with van der Waals surface area (Å²) in [5, 5.41) is 12.8. The predicted octanol–water partition coefficient (Wildman–Crippen LogP) is 1.78. The van der Waals surface area contributed by atoms with E-state index in [0.29, 0.717) is 42.7 Å². The summed E-state index contributed by atoms with van der Waals surface area (Å²) in [6.45, 7) is 3.28. The van der Waals surface area contributed by atoms with Gasteiger partial charge in [0.05, 0.1) is 23.8 Å². The number of nitrogens with zero attached hydrogens (tertiary/aromatic N) is 2. The molecule has 2 fully saturated rings. The Morgan fingerprint density at radius 3 is 2.78 bits per heavy atom. The Kier molecular flexibility index (Phi) is 5.04. The third-order valence-electron chi connectivity index (χ3n) is 4.62. The summed E-state index contributed by atoms with van der Waals surface area (Å²) in [6, 6.07) is 1.67. The SMILES string of the molecule is O=C(c1cnc(NCC2(CCO)CC2)c(Cl)c1)N1CCOCC1. The third-order valence-corrected chi connectivity index (χ3v) is 4.90. The Labute approximate surface area is 140 Å². The number of aliphatic hydroxyl groups excluding tert-OH is 1. The van der Waals surface area contributed by atoms with Gasteiger partial charge in [0.25, 0.3) is 5.91 Å². The Morgan fingerprint density at radius 1 is 1.43 bits per heavy atom. The predicted molar refractivity (Wildman–Crippen MR) is 87.8 cm³/mol. The topological polar surface area (TPSA) is 74.7 Å². The van der Waals surface area contributed by atoms with Crippen LogP contribution in [0.25, 0.3) is 0 Å². The molecule has 23 heavy (non-hydrogen) atoms. The van der Waals surface area contributed by atoms with Gasteiger partial charge in [0, 0.05) is 32.4 Å². The molecule has 0 radical (unpaired) electrons. The smallest absolute Gasteiger partial charge is 0.255 e. The lowest BCUT2D eigenvalue weighted by Gasteiger charge is -2.26. The lowest BCUT2D eigenvalue weighted by atomic mass is 10.0. The molecule has 1 aromatic rings. The molecule has 7 heteroatoms. The molecule has 1 saturated carbocycles. The van der Waals surface area contributed by atoms with Gasteiger partial charge in [-0.15, -0.1) is 0 Å². The normalized spacial score (nSPS) is 19.5. The van der Waals surface area contributed by atoms with E-state index in [1.54, 1.807) is 17.2 Å². The second-order valence-electron chi connectivity index (χ2n) is 6.29. The summed E-state index contributed by atoms with van der Waals surface area (Å²) < 4.78 is 5.25. The number of nitrogens with one attached hydrogen (secondary N) is 1. The zero-order valence-electron chi connectivity index (χ0n) is 13.1. The zero-order valence-corrected chi connectivity index (χ0v) is 13.8. The molecule has 6 nitrogen and oxygen atoms in total. The molecule has 126 valence electrons. The number of aliphatic hydroxyl groups is 1. The molecule has 0 atom stereocenters. The number of amides is 1. The Balaban J connectivity index is 1.62. The van der Waals surface area contributed by atoms with Gasteiger partial charge in [-0.05, 0) is 30.7 Å².